The Bertz CT molecular complexity index is 1230. The van der Waals surface area contributed by atoms with Crippen LogP contribution in [0.4, 0.5) is 16.4 Å². The number of ether oxygens (including phenoxy) is 2. The molecule has 4 heterocycles. The number of aromatic nitrogens is 2. The molecule has 2 aromatic rings. The lowest BCUT2D eigenvalue weighted by Gasteiger charge is -2.29. The molecular formula is C27H34N6O4S. The number of likely N-dealkylation sites (tertiary alicyclic amines) is 1. The average molecular weight is 539 g/mol. The number of carbonyl (C=O) groups is 2. The number of nitrogens with zero attached hydrogens (tertiary/aromatic N) is 5. The minimum absolute atomic E-state index is 0.0367. The summed E-state index contributed by atoms with van der Waals surface area (Å²) in [5.41, 5.74) is 3.12. The van der Waals surface area contributed by atoms with Crippen LogP contribution in [0.5, 0.6) is 5.88 Å². The van der Waals surface area contributed by atoms with Crippen LogP contribution in [0.2, 0.25) is 0 Å². The van der Waals surface area contributed by atoms with Crippen molar-refractivity contribution in [2.75, 3.05) is 49.5 Å². The molecule has 11 heteroatoms. The Morgan fingerprint density at radius 1 is 1.32 bits per heavy atom. The molecule has 0 unspecified atom stereocenters. The molecule has 1 N–H and O–H groups in total. The summed E-state index contributed by atoms with van der Waals surface area (Å²) in [5.74, 6) is 2.66. The number of amides is 3. The molecule has 2 atom stereocenters. The predicted molar refractivity (Wildman–Crippen MR) is 147 cm³/mol. The van der Waals surface area contributed by atoms with Gasteiger partial charge in [0.2, 0.25) is 5.88 Å². The zero-order valence-corrected chi connectivity index (χ0v) is 23.1. The minimum atomic E-state index is -0.407. The maximum atomic E-state index is 13.4. The Morgan fingerprint density at radius 2 is 2.13 bits per heavy atom. The summed E-state index contributed by atoms with van der Waals surface area (Å²) in [6.07, 6.45) is 6.10. The third kappa shape index (κ3) is 6.03. The highest BCUT2D eigenvalue weighted by Gasteiger charge is 2.33. The first-order chi connectivity index (χ1) is 18.4. The van der Waals surface area contributed by atoms with Crippen LogP contribution in [0.25, 0.3) is 0 Å². The fourth-order valence-corrected chi connectivity index (χ4v) is 5.72. The van der Waals surface area contributed by atoms with Gasteiger partial charge in [-0.05, 0) is 60.4 Å². The van der Waals surface area contributed by atoms with Crippen molar-refractivity contribution >= 4 is 35.3 Å². The van der Waals surface area contributed by atoms with Crippen LogP contribution in [0.3, 0.4) is 0 Å². The number of urea groups is 1. The molecule has 202 valence electrons. The van der Waals surface area contributed by atoms with E-state index in [-0.39, 0.29) is 11.9 Å². The normalized spacial score (nSPS) is 17.7. The second-order valence-corrected chi connectivity index (χ2v) is 10.6. The highest BCUT2D eigenvalue weighted by molar-refractivity contribution is 7.98. The van der Waals surface area contributed by atoms with Crippen LogP contribution in [-0.4, -0.2) is 72.2 Å². The molecule has 0 aliphatic carbocycles. The third-order valence-corrected chi connectivity index (χ3v) is 7.80. The second kappa shape index (κ2) is 12.5. The van der Waals surface area contributed by atoms with E-state index >= 15 is 0 Å². The van der Waals surface area contributed by atoms with E-state index in [4.69, 9.17) is 14.5 Å². The summed E-state index contributed by atoms with van der Waals surface area (Å²) >= 11 is 1.77. The molecule has 0 radical (unpaired) electrons. The lowest BCUT2D eigenvalue weighted by molar-refractivity contribution is -0.136. The van der Waals surface area contributed by atoms with Gasteiger partial charge in [0.1, 0.15) is 23.8 Å². The van der Waals surface area contributed by atoms with Gasteiger partial charge in [0.25, 0.3) is 5.91 Å². The third-order valence-electron chi connectivity index (χ3n) is 6.90. The Kier molecular flexibility index (Phi) is 9.07. The van der Waals surface area contributed by atoms with Crippen molar-refractivity contribution in [3.63, 3.8) is 0 Å². The van der Waals surface area contributed by atoms with Gasteiger partial charge in [0.05, 0.1) is 19.2 Å². The number of hydrogen-bond acceptors (Lipinski definition) is 8. The molecule has 0 bridgehead atoms. The zero-order valence-electron chi connectivity index (χ0n) is 22.3. The van der Waals surface area contributed by atoms with E-state index in [1.165, 1.54) is 13.3 Å². The molecule has 4 rings (SSSR count). The summed E-state index contributed by atoms with van der Waals surface area (Å²) in [5, 5.41) is 12.4. The van der Waals surface area contributed by atoms with Crippen molar-refractivity contribution in [2.45, 2.75) is 45.3 Å². The van der Waals surface area contributed by atoms with E-state index in [9.17, 15) is 14.9 Å². The number of thioether (sulfide) groups is 1. The van der Waals surface area contributed by atoms with Gasteiger partial charge in [0.15, 0.2) is 0 Å². The number of carbonyl (C=O) groups excluding carboxylic acids is 2. The van der Waals surface area contributed by atoms with Crippen molar-refractivity contribution in [3.05, 3.63) is 40.6 Å². The lowest BCUT2D eigenvalue weighted by atomic mass is 10.00. The quantitative estimate of drug-likeness (QED) is 0.514. The standard InChI is InChI=1S/C27H34N6O4S/c1-17(16-38-4)10-19-12-23(29-14-21(19)13-28)30-27(35)33-8-5-6-18-11-20(25(37-3)31-24(18)33)15-32-9-7-22(36-2)26(32)34/h11-12,14,17,22H,5-10,15-16H2,1-4H3,(H,29,30,35)/t17-,22+/m0/s1. The topological polar surface area (TPSA) is 121 Å². The van der Waals surface area contributed by atoms with Crippen LogP contribution < -0.4 is 15.0 Å². The van der Waals surface area contributed by atoms with Gasteiger partial charge in [-0.3, -0.25) is 15.0 Å². The number of pyridine rings is 2. The van der Waals surface area contributed by atoms with Crippen LogP contribution in [0.15, 0.2) is 18.3 Å². The van der Waals surface area contributed by atoms with Gasteiger partial charge in [-0.25, -0.2) is 9.78 Å². The molecule has 2 aliphatic rings. The maximum absolute atomic E-state index is 13.4. The smallest absolute Gasteiger partial charge is 0.328 e. The minimum Gasteiger partial charge on any atom is -0.481 e. The Balaban J connectivity index is 1.54. The van der Waals surface area contributed by atoms with Gasteiger partial charge >= 0.3 is 6.03 Å². The van der Waals surface area contributed by atoms with Crippen LogP contribution >= 0.6 is 11.8 Å². The highest BCUT2D eigenvalue weighted by Crippen LogP contribution is 2.32. The molecule has 0 saturated carbocycles. The van der Waals surface area contributed by atoms with E-state index in [0.717, 1.165) is 41.7 Å². The molecule has 0 aromatic carbocycles. The maximum Gasteiger partial charge on any atom is 0.328 e. The van der Waals surface area contributed by atoms with Gasteiger partial charge in [0, 0.05) is 38.4 Å². The van der Waals surface area contributed by atoms with E-state index in [0.29, 0.717) is 55.1 Å². The SMILES string of the molecule is COc1nc2c(cc1CN1CC[C@@H](OC)C1=O)CCCN2C(=O)Nc1cc(C[C@H](C)CSC)c(C#N)cn1. The largest absolute Gasteiger partial charge is 0.481 e. The van der Waals surface area contributed by atoms with E-state index in [2.05, 4.69) is 29.5 Å². The monoisotopic (exact) mass is 538 g/mol. The van der Waals surface area contributed by atoms with Crippen LogP contribution in [0.1, 0.15) is 42.0 Å². The Labute approximate surface area is 227 Å². The average Bonchev–Trinajstić information content (AvgIpc) is 3.26. The molecule has 3 amide bonds. The Hall–Kier alpha value is -3.36. The molecule has 10 nitrogen and oxygen atoms in total. The van der Waals surface area contributed by atoms with E-state index in [1.54, 1.807) is 34.7 Å². The van der Waals surface area contributed by atoms with Gasteiger partial charge in [-0.15, -0.1) is 0 Å². The molecule has 38 heavy (non-hydrogen) atoms. The summed E-state index contributed by atoms with van der Waals surface area (Å²) in [6.45, 7) is 3.63. The number of aryl methyl sites for hydroxylation is 1. The van der Waals surface area contributed by atoms with Gasteiger partial charge in [-0.1, -0.05) is 6.92 Å². The van der Waals surface area contributed by atoms with Crippen molar-refractivity contribution in [2.24, 2.45) is 5.92 Å². The number of nitrogens with one attached hydrogen (secondary N) is 1. The number of nitriles is 1. The fraction of sp³-hybridized carbons (Fsp3) is 0.519. The highest BCUT2D eigenvalue weighted by atomic mass is 32.2. The summed E-state index contributed by atoms with van der Waals surface area (Å²) in [6, 6.07) is 5.64. The first-order valence-electron chi connectivity index (χ1n) is 12.7. The van der Waals surface area contributed by atoms with Crippen molar-refractivity contribution in [3.8, 4) is 11.9 Å². The molecule has 0 spiro atoms. The van der Waals surface area contributed by atoms with Crippen molar-refractivity contribution in [1.82, 2.24) is 14.9 Å². The number of fused-ring (bicyclic) bond motifs is 1. The number of methoxy groups -OCH3 is 2. The predicted octanol–water partition coefficient (Wildman–Crippen LogP) is 3.63. The Morgan fingerprint density at radius 3 is 2.82 bits per heavy atom. The summed E-state index contributed by atoms with van der Waals surface area (Å²) in [7, 11) is 3.09. The lowest BCUT2D eigenvalue weighted by Crippen LogP contribution is -2.39. The zero-order chi connectivity index (χ0) is 27.2. The van der Waals surface area contributed by atoms with Crippen LogP contribution in [-0.2, 0) is 28.9 Å². The van der Waals surface area contributed by atoms with Gasteiger partial charge in [-0.2, -0.15) is 22.0 Å². The molecule has 2 aliphatic heterocycles. The number of rotatable bonds is 9. The van der Waals surface area contributed by atoms with Gasteiger partial charge < -0.3 is 14.4 Å². The first-order valence-corrected chi connectivity index (χ1v) is 14.1. The van der Waals surface area contributed by atoms with E-state index < -0.39 is 6.10 Å². The summed E-state index contributed by atoms with van der Waals surface area (Å²) in [4.78, 5) is 38.3. The first kappa shape index (κ1) is 27.7. The second-order valence-electron chi connectivity index (χ2n) is 9.70. The van der Waals surface area contributed by atoms with Crippen LogP contribution in [0, 0.1) is 17.2 Å². The van der Waals surface area contributed by atoms with Crippen molar-refractivity contribution < 1.29 is 19.1 Å². The molecule has 1 fully saturated rings. The number of hydrogen-bond donors (Lipinski definition) is 1. The fourth-order valence-electron chi connectivity index (χ4n) is 5.04. The summed E-state index contributed by atoms with van der Waals surface area (Å²) < 4.78 is 10.8. The van der Waals surface area contributed by atoms with E-state index in [1.807, 2.05) is 6.07 Å². The molecule has 2 aromatic heterocycles. The molecule has 1 saturated heterocycles. The number of anilines is 2. The van der Waals surface area contributed by atoms with Crippen molar-refractivity contribution in [1.29, 1.82) is 5.26 Å². The molecular weight excluding hydrogens is 504 g/mol.